The number of aromatic nitrogens is 4. The van der Waals surface area contributed by atoms with E-state index in [0.717, 1.165) is 11.1 Å². The van der Waals surface area contributed by atoms with Crippen LogP contribution in [0.4, 0.5) is 5.82 Å². The molecule has 2 amide bonds. The molecule has 1 atom stereocenters. The minimum absolute atomic E-state index is 0.0168. The van der Waals surface area contributed by atoms with E-state index in [1.807, 2.05) is 41.3 Å². The molecule has 2 aromatic heterocycles. The van der Waals surface area contributed by atoms with E-state index in [1.165, 1.54) is 0 Å². The second-order valence-electron chi connectivity index (χ2n) is 9.84. The van der Waals surface area contributed by atoms with Crippen LogP contribution in [-0.4, -0.2) is 68.7 Å². The van der Waals surface area contributed by atoms with E-state index in [9.17, 15) is 9.59 Å². The van der Waals surface area contributed by atoms with Crippen molar-refractivity contribution in [1.82, 2.24) is 29.7 Å². The second kappa shape index (κ2) is 11.8. The van der Waals surface area contributed by atoms with Crippen molar-refractivity contribution in [2.24, 2.45) is 0 Å². The summed E-state index contributed by atoms with van der Waals surface area (Å²) in [6, 6.07) is 14.4. The van der Waals surface area contributed by atoms with Gasteiger partial charge in [-0.1, -0.05) is 29.8 Å². The standard InChI is InChI=1S/C29H28ClN7O4/c30-22-4-1-20(2-5-22)16-33-27(38)15-23-17-35(28(39)14-21-3-6-24-25(13-21)41-19-40-24)11-12-37(23)26-7-8-32-29(34-26)36-10-9-31-18-36/h1-10,13,18,23H,11-12,14-17,19H2,(H,33,38). The van der Waals surface area contributed by atoms with E-state index in [-0.39, 0.29) is 37.5 Å². The Hall–Kier alpha value is -4.64. The van der Waals surface area contributed by atoms with Crippen molar-refractivity contribution in [1.29, 1.82) is 0 Å². The number of halogens is 1. The largest absolute Gasteiger partial charge is 0.454 e. The third kappa shape index (κ3) is 6.25. The van der Waals surface area contributed by atoms with Gasteiger partial charge in [0, 0.05) is 56.2 Å². The first-order chi connectivity index (χ1) is 20.0. The molecule has 2 aliphatic heterocycles. The van der Waals surface area contributed by atoms with Gasteiger partial charge in [0.05, 0.1) is 12.5 Å². The van der Waals surface area contributed by atoms with Crippen molar-refractivity contribution in [3.05, 3.63) is 89.6 Å². The number of hydrogen-bond acceptors (Lipinski definition) is 8. The van der Waals surface area contributed by atoms with Gasteiger partial charge in [0.2, 0.25) is 24.6 Å². The molecule has 210 valence electrons. The average molecular weight is 574 g/mol. The van der Waals surface area contributed by atoms with Crippen LogP contribution in [0.25, 0.3) is 5.95 Å². The number of hydrogen-bond donors (Lipinski definition) is 1. The zero-order valence-corrected chi connectivity index (χ0v) is 22.9. The predicted octanol–water partition coefficient (Wildman–Crippen LogP) is 3.01. The van der Waals surface area contributed by atoms with Gasteiger partial charge in [0.25, 0.3) is 0 Å². The molecule has 1 saturated heterocycles. The molecule has 0 radical (unpaired) electrons. The summed E-state index contributed by atoms with van der Waals surface area (Å²) in [6.45, 7) is 1.96. The molecule has 1 unspecified atom stereocenters. The van der Waals surface area contributed by atoms with E-state index >= 15 is 0 Å². The Balaban J connectivity index is 1.17. The highest BCUT2D eigenvalue weighted by Crippen LogP contribution is 2.33. The third-order valence-electron chi connectivity index (χ3n) is 7.11. The Morgan fingerprint density at radius 2 is 1.83 bits per heavy atom. The van der Waals surface area contributed by atoms with Crippen LogP contribution in [0.15, 0.2) is 73.4 Å². The van der Waals surface area contributed by atoms with Gasteiger partial charge in [-0.05, 0) is 41.5 Å². The Morgan fingerprint density at radius 1 is 1.00 bits per heavy atom. The quantitative estimate of drug-likeness (QED) is 0.342. The topological polar surface area (TPSA) is 115 Å². The molecule has 2 aromatic carbocycles. The summed E-state index contributed by atoms with van der Waals surface area (Å²) in [6.07, 6.45) is 7.16. The van der Waals surface area contributed by atoms with Crippen LogP contribution in [0.2, 0.25) is 5.02 Å². The highest BCUT2D eigenvalue weighted by molar-refractivity contribution is 6.30. The number of carbonyl (C=O) groups excluding carboxylic acids is 2. The van der Waals surface area contributed by atoms with Crippen molar-refractivity contribution in [2.75, 3.05) is 31.3 Å². The summed E-state index contributed by atoms with van der Waals surface area (Å²) in [5, 5.41) is 3.64. The van der Waals surface area contributed by atoms with E-state index in [1.54, 1.807) is 41.6 Å². The number of fused-ring (bicyclic) bond motifs is 1. The van der Waals surface area contributed by atoms with E-state index < -0.39 is 0 Å². The van der Waals surface area contributed by atoms with Crippen molar-refractivity contribution in [3.8, 4) is 17.4 Å². The lowest BCUT2D eigenvalue weighted by Crippen LogP contribution is -2.56. The minimum atomic E-state index is -0.291. The number of imidazole rings is 1. The van der Waals surface area contributed by atoms with Crippen LogP contribution >= 0.6 is 11.6 Å². The van der Waals surface area contributed by atoms with E-state index in [0.29, 0.717) is 54.5 Å². The van der Waals surface area contributed by atoms with Gasteiger partial charge in [-0.25, -0.2) is 9.97 Å². The molecule has 0 spiro atoms. The van der Waals surface area contributed by atoms with Crippen molar-refractivity contribution in [2.45, 2.75) is 25.4 Å². The van der Waals surface area contributed by atoms with Gasteiger partial charge >= 0.3 is 0 Å². The number of anilines is 1. The lowest BCUT2D eigenvalue weighted by atomic mass is 10.1. The summed E-state index contributed by atoms with van der Waals surface area (Å²) in [4.78, 5) is 43.6. The maximum atomic E-state index is 13.4. The zero-order valence-electron chi connectivity index (χ0n) is 22.1. The van der Waals surface area contributed by atoms with Gasteiger partial charge in [0.15, 0.2) is 11.5 Å². The van der Waals surface area contributed by atoms with Crippen LogP contribution < -0.4 is 19.7 Å². The summed E-state index contributed by atoms with van der Waals surface area (Å²) < 4.78 is 12.6. The van der Waals surface area contributed by atoms with Gasteiger partial charge in [-0.3, -0.25) is 14.2 Å². The molecule has 6 rings (SSSR count). The maximum absolute atomic E-state index is 13.4. The first-order valence-corrected chi connectivity index (χ1v) is 13.6. The number of benzene rings is 2. The number of piperazine rings is 1. The lowest BCUT2D eigenvalue weighted by Gasteiger charge is -2.42. The van der Waals surface area contributed by atoms with Crippen molar-refractivity contribution < 1.29 is 19.1 Å². The predicted molar refractivity (Wildman–Crippen MR) is 151 cm³/mol. The summed E-state index contributed by atoms with van der Waals surface area (Å²) in [5.74, 6) is 2.35. The molecular formula is C29H28ClN7O4. The third-order valence-corrected chi connectivity index (χ3v) is 7.36. The Kier molecular flexibility index (Phi) is 7.68. The molecule has 0 saturated carbocycles. The molecule has 1 fully saturated rings. The zero-order chi connectivity index (χ0) is 28.2. The molecule has 2 aliphatic rings. The number of nitrogens with one attached hydrogen (secondary N) is 1. The summed E-state index contributed by atoms with van der Waals surface area (Å²) >= 11 is 5.98. The number of nitrogens with zero attached hydrogens (tertiary/aromatic N) is 6. The SMILES string of the molecule is O=C(CC1CN(C(=O)Cc2ccc3c(c2)OCO3)CCN1c1ccnc(-n2ccnc2)n1)NCc1ccc(Cl)cc1. The van der Waals surface area contributed by atoms with Gasteiger partial charge in [-0.15, -0.1) is 0 Å². The smallest absolute Gasteiger partial charge is 0.236 e. The fourth-order valence-corrected chi connectivity index (χ4v) is 5.11. The van der Waals surface area contributed by atoms with Crippen LogP contribution in [0.3, 0.4) is 0 Å². The molecule has 0 aliphatic carbocycles. The molecule has 12 heteroatoms. The fourth-order valence-electron chi connectivity index (χ4n) is 4.99. The van der Waals surface area contributed by atoms with Crippen LogP contribution in [0.1, 0.15) is 17.5 Å². The number of carbonyl (C=O) groups is 2. The molecule has 4 heterocycles. The van der Waals surface area contributed by atoms with Gasteiger partial charge < -0.3 is 24.6 Å². The normalized spacial score (nSPS) is 16.1. The number of amides is 2. The van der Waals surface area contributed by atoms with Crippen molar-refractivity contribution >= 4 is 29.2 Å². The molecular weight excluding hydrogens is 546 g/mol. The first kappa shape index (κ1) is 26.6. The monoisotopic (exact) mass is 573 g/mol. The summed E-state index contributed by atoms with van der Waals surface area (Å²) in [7, 11) is 0. The van der Waals surface area contributed by atoms with E-state index in [2.05, 4.69) is 20.2 Å². The van der Waals surface area contributed by atoms with E-state index in [4.69, 9.17) is 26.1 Å². The molecule has 41 heavy (non-hydrogen) atoms. The minimum Gasteiger partial charge on any atom is -0.454 e. The number of ether oxygens (including phenoxy) is 2. The summed E-state index contributed by atoms with van der Waals surface area (Å²) in [5.41, 5.74) is 1.80. The fraction of sp³-hybridized carbons (Fsp3) is 0.276. The Morgan fingerprint density at radius 3 is 2.66 bits per heavy atom. The molecule has 0 bridgehead atoms. The highest BCUT2D eigenvalue weighted by Gasteiger charge is 2.32. The van der Waals surface area contributed by atoms with Crippen LogP contribution in [0, 0.1) is 0 Å². The average Bonchev–Trinajstić information content (AvgIpc) is 3.70. The molecule has 4 aromatic rings. The molecule has 11 nitrogen and oxygen atoms in total. The maximum Gasteiger partial charge on any atom is 0.236 e. The van der Waals surface area contributed by atoms with Crippen molar-refractivity contribution in [3.63, 3.8) is 0 Å². The van der Waals surface area contributed by atoms with Crippen LogP contribution in [-0.2, 0) is 22.6 Å². The second-order valence-corrected chi connectivity index (χ2v) is 10.3. The van der Waals surface area contributed by atoms with Gasteiger partial charge in [-0.2, -0.15) is 4.98 Å². The molecule has 1 N–H and O–H groups in total. The lowest BCUT2D eigenvalue weighted by molar-refractivity contribution is -0.132. The highest BCUT2D eigenvalue weighted by atomic mass is 35.5. The number of rotatable bonds is 8. The first-order valence-electron chi connectivity index (χ1n) is 13.3. The van der Waals surface area contributed by atoms with Crippen LogP contribution in [0.5, 0.6) is 11.5 Å². The Bertz CT molecular complexity index is 1530. The van der Waals surface area contributed by atoms with Gasteiger partial charge in [0.1, 0.15) is 12.1 Å². The Labute approximate surface area is 241 Å².